The number of guanidine groups is 1. The monoisotopic (exact) mass is 419 g/mol. The van der Waals surface area contributed by atoms with Crippen molar-refractivity contribution < 1.29 is 14.3 Å². The number of carbonyl (C=O) groups is 1. The third-order valence-electron chi connectivity index (χ3n) is 3.96. The Bertz CT molecular complexity index is 837. The van der Waals surface area contributed by atoms with Gasteiger partial charge in [-0.1, -0.05) is 13.0 Å². The van der Waals surface area contributed by atoms with E-state index in [9.17, 15) is 4.79 Å². The summed E-state index contributed by atoms with van der Waals surface area (Å²) in [5, 5.41) is 7.37. The average Bonchev–Trinajstić information content (AvgIpc) is 3.12. The molecule has 0 aliphatic heterocycles. The standard InChI is InChI=1S/C20H29N5O3S/c1-6-11-28-17-15(9-8-10-22-17)12-23-20(21-5)25-14(4)18-24-13(3)16(29-18)19(26)27-7-2/h8-10,14H,6-7,11-12H2,1-5H3,(H2,21,23,25). The molecule has 0 saturated carbocycles. The minimum absolute atomic E-state index is 0.127. The van der Waals surface area contributed by atoms with Crippen LogP contribution < -0.4 is 15.4 Å². The maximum absolute atomic E-state index is 12.0. The molecule has 0 saturated heterocycles. The summed E-state index contributed by atoms with van der Waals surface area (Å²) in [6, 6.07) is 3.72. The number of nitrogens with zero attached hydrogens (tertiary/aromatic N) is 3. The Kier molecular flexibility index (Phi) is 8.85. The van der Waals surface area contributed by atoms with Gasteiger partial charge in [-0.2, -0.15) is 0 Å². The predicted octanol–water partition coefficient (Wildman–Crippen LogP) is 3.24. The van der Waals surface area contributed by atoms with Gasteiger partial charge in [-0.25, -0.2) is 14.8 Å². The Morgan fingerprint density at radius 2 is 2.17 bits per heavy atom. The molecule has 0 fully saturated rings. The van der Waals surface area contributed by atoms with E-state index >= 15 is 0 Å². The van der Waals surface area contributed by atoms with Gasteiger partial charge in [0.05, 0.1) is 24.9 Å². The summed E-state index contributed by atoms with van der Waals surface area (Å²) in [6.07, 6.45) is 2.64. The van der Waals surface area contributed by atoms with Crippen LogP contribution in [0, 0.1) is 6.92 Å². The summed E-state index contributed by atoms with van der Waals surface area (Å²) in [6.45, 7) is 9.11. The van der Waals surface area contributed by atoms with Crippen molar-refractivity contribution in [1.82, 2.24) is 20.6 Å². The minimum atomic E-state index is -0.334. The Labute approximate surface area is 175 Å². The Hall–Kier alpha value is -2.68. The van der Waals surface area contributed by atoms with E-state index in [2.05, 4.69) is 32.5 Å². The highest BCUT2D eigenvalue weighted by atomic mass is 32.1. The zero-order chi connectivity index (χ0) is 21.2. The quantitative estimate of drug-likeness (QED) is 0.366. The number of pyridine rings is 1. The molecule has 158 valence electrons. The normalized spacial score (nSPS) is 12.4. The van der Waals surface area contributed by atoms with Crippen LogP contribution in [0.15, 0.2) is 23.3 Å². The number of thiazole rings is 1. The molecule has 2 N–H and O–H groups in total. The van der Waals surface area contributed by atoms with Crippen molar-refractivity contribution in [2.45, 2.75) is 46.7 Å². The third kappa shape index (κ3) is 6.42. The molecule has 0 bridgehead atoms. The van der Waals surface area contributed by atoms with Crippen LogP contribution in [0.4, 0.5) is 0 Å². The summed E-state index contributed by atoms with van der Waals surface area (Å²) in [5.41, 5.74) is 1.62. The van der Waals surface area contributed by atoms with Crippen LogP contribution in [-0.2, 0) is 11.3 Å². The van der Waals surface area contributed by atoms with E-state index in [1.807, 2.05) is 26.0 Å². The highest BCUT2D eigenvalue weighted by Gasteiger charge is 2.20. The smallest absolute Gasteiger partial charge is 0.350 e. The molecular weight excluding hydrogens is 390 g/mol. The summed E-state index contributed by atoms with van der Waals surface area (Å²) in [5.74, 6) is 0.910. The van der Waals surface area contributed by atoms with Crippen LogP contribution in [0.2, 0.25) is 0 Å². The van der Waals surface area contributed by atoms with Crippen molar-refractivity contribution in [3.8, 4) is 5.88 Å². The molecule has 29 heavy (non-hydrogen) atoms. The van der Waals surface area contributed by atoms with Crippen molar-refractivity contribution in [1.29, 1.82) is 0 Å². The first-order valence-electron chi connectivity index (χ1n) is 9.68. The van der Waals surface area contributed by atoms with Crippen molar-refractivity contribution in [2.24, 2.45) is 4.99 Å². The number of carbonyl (C=O) groups excluding carboxylic acids is 1. The number of ether oxygens (including phenoxy) is 2. The van der Waals surface area contributed by atoms with Crippen LogP contribution >= 0.6 is 11.3 Å². The third-order valence-corrected chi connectivity index (χ3v) is 5.28. The Morgan fingerprint density at radius 3 is 2.86 bits per heavy atom. The van der Waals surface area contributed by atoms with Crippen LogP contribution in [0.5, 0.6) is 5.88 Å². The van der Waals surface area contributed by atoms with E-state index in [-0.39, 0.29) is 12.0 Å². The SMILES string of the molecule is CCCOc1ncccc1CNC(=NC)NC(C)c1nc(C)c(C(=O)OCC)s1. The summed E-state index contributed by atoms with van der Waals surface area (Å²) >= 11 is 1.33. The maximum atomic E-state index is 12.0. The number of aromatic nitrogens is 2. The van der Waals surface area contributed by atoms with Crippen molar-refractivity contribution in [3.63, 3.8) is 0 Å². The predicted molar refractivity (Wildman–Crippen MR) is 115 cm³/mol. The van der Waals surface area contributed by atoms with Crippen molar-refractivity contribution >= 4 is 23.3 Å². The van der Waals surface area contributed by atoms with E-state index < -0.39 is 0 Å². The zero-order valence-corrected chi connectivity index (χ0v) is 18.4. The lowest BCUT2D eigenvalue weighted by Gasteiger charge is -2.17. The van der Waals surface area contributed by atoms with Crippen LogP contribution in [0.25, 0.3) is 0 Å². The number of rotatable bonds is 9. The van der Waals surface area contributed by atoms with Gasteiger partial charge < -0.3 is 20.1 Å². The number of hydrogen-bond acceptors (Lipinski definition) is 7. The fourth-order valence-electron chi connectivity index (χ4n) is 2.52. The van der Waals surface area contributed by atoms with Gasteiger partial charge in [-0.15, -0.1) is 11.3 Å². The van der Waals surface area contributed by atoms with Crippen molar-refractivity contribution in [2.75, 3.05) is 20.3 Å². The van der Waals surface area contributed by atoms with E-state index in [1.165, 1.54) is 11.3 Å². The number of nitrogens with one attached hydrogen (secondary N) is 2. The van der Waals surface area contributed by atoms with Crippen LogP contribution in [0.3, 0.4) is 0 Å². The number of hydrogen-bond donors (Lipinski definition) is 2. The summed E-state index contributed by atoms with van der Waals surface area (Å²) in [4.78, 5) is 25.6. The highest BCUT2D eigenvalue weighted by molar-refractivity contribution is 7.13. The van der Waals surface area contributed by atoms with Gasteiger partial charge in [0.15, 0.2) is 5.96 Å². The van der Waals surface area contributed by atoms with E-state index in [1.54, 1.807) is 20.2 Å². The topological polar surface area (TPSA) is 97.7 Å². The molecule has 1 unspecified atom stereocenters. The molecule has 8 nitrogen and oxygen atoms in total. The fraction of sp³-hybridized carbons (Fsp3) is 0.500. The molecule has 2 aromatic heterocycles. The lowest BCUT2D eigenvalue weighted by Crippen LogP contribution is -2.38. The second-order valence-electron chi connectivity index (χ2n) is 6.30. The molecule has 2 rings (SSSR count). The first kappa shape index (κ1) is 22.6. The minimum Gasteiger partial charge on any atom is -0.477 e. The fourth-order valence-corrected chi connectivity index (χ4v) is 3.48. The molecular formula is C20H29N5O3S. The zero-order valence-electron chi connectivity index (χ0n) is 17.6. The van der Waals surface area contributed by atoms with Crippen LogP contribution in [0.1, 0.15) is 59.2 Å². The molecule has 2 heterocycles. The molecule has 0 radical (unpaired) electrons. The van der Waals surface area contributed by atoms with Crippen LogP contribution in [-0.4, -0.2) is 42.2 Å². The van der Waals surface area contributed by atoms with E-state index in [0.29, 0.717) is 42.2 Å². The lowest BCUT2D eigenvalue weighted by atomic mass is 10.2. The molecule has 0 amide bonds. The lowest BCUT2D eigenvalue weighted by molar-refractivity contribution is 0.0531. The molecule has 1 atom stereocenters. The summed E-state index contributed by atoms with van der Waals surface area (Å²) < 4.78 is 10.8. The second kappa shape index (κ2) is 11.4. The Balaban J connectivity index is 2.00. The highest BCUT2D eigenvalue weighted by Crippen LogP contribution is 2.24. The molecule has 2 aromatic rings. The molecule has 0 aliphatic rings. The second-order valence-corrected chi connectivity index (χ2v) is 7.33. The maximum Gasteiger partial charge on any atom is 0.350 e. The van der Waals surface area contributed by atoms with Gasteiger partial charge in [0.2, 0.25) is 5.88 Å². The molecule has 0 aliphatic carbocycles. The number of aryl methyl sites for hydroxylation is 1. The van der Waals surface area contributed by atoms with Gasteiger partial charge in [-0.05, 0) is 33.3 Å². The van der Waals surface area contributed by atoms with E-state index in [4.69, 9.17) is 9.47 Å². The summed E-state index contributed by atoms with van der Waals surface area (Å²) in [7, 11) is 1.71. The van der Waals surface area contributed by atoms with Crippen molar-refractivity contribution in [3.05, 3.63) is 39.5 Å². The molecule has 9 heteroatoms. The number of aliphatic imine (C=N–C) groups is 1. The first-order chi connectivity index (χ1) is 14.0. The first-order valence-corrected chi connectivity index (χ1v) is 10.5. The molecule has 0 spiro atoms. The van der Waals surface area contributed by atoms with E-state index in [0.717, 1.165) is 17.0 Å². The average molecular weight is 420 g/mol. The molecule has 0 aromatic carbocycles. The number of esters is 1. The van der Waals surface area contributed by atoms with Gasteiger partial charge in [0.1, 0.15) is 9.88 Å². The Morgan fingerprint density at radius 1 is 1.38 bits per heavy atom. The van der Waals surface area contributed by atoms with Gasteiger partial charge >= 0.3 is 5.97 Å². The van der Waals surface area contributed by atoms with Gasteiger partial charge in [0, 0.05) is 25.4 Å². The van der Waals surface area contributed by atoms with Gasteiger partial charge in [0.25, 0.3) is 0 Å². The van der Waals surface area contributed by atoms with Gasteiger partial charge in [-0.3, -0.25) is 4.99 Å². The largest absolute Gasteiger partial charge is 0.477 e.